The Bertz CT molecular complexity index is 1070. The summed E-state index contributed by atoms with van der Waals surface area (Å²) in [5.41, 5.74) is 12.1. The number of primary amides is 1. The van der Waals surface area contributed by atoms with Crippen LogP contribution in [0.25, 0.3) is 10.9 Å². The summed E-state index contributed by atoms with van der Waals surface area (Å²) in [6, 6.07) is 2.46. The molecule has 0 spiro atoms. The molecule has 4 amide bonds. The molecule has 4 atom stereocenters. The zero-order chi connectivity index (χ0) is 25.4. The first-order valence-corrected chi connectivity index (χ1v) is 11.0. The summed E-state index contributed by atoms with van der Waals surface area (Å²) < 4.78 is 0. The second-order valence-electron chi connectivity index (χ2n) is 7.73. The summed E-state index contributed by atoms with van der Waals surface area (Å²) in [7, 11) is 0. The third-order valence-electron chi connectivity index (χ3n) is 4.98. The summed E-state index contributed by atoms with van der Waals surface area (Å²) in [6.45, 7) is 1.39. The Kier molecular flexibility index (Phi) is 9.45. The molecule has 9 N–H and O–H groups in total. The zero-order valence-electron chi connectivity index (χ0n) is 18.4. The van der Waals surface area contributed by atoms with E-state index in [0.29, 0.717) is 5.56 Å². The van der Waals surface area contributed by atoms with Gasteiger partial charge in [-0.05, 0) is 18.6 Å². The standard InChI is InChI=1S/C21H28N6O6S/c1-10(22)18(29)25-14(7-17(23)28)19(30)27-16(9-34)20(31)26-15(21(32)33)6-11-8-24-13-5-3-2-4-12(11)13/h2-5,8,10,14-16,24,34H,6-7,9,22H2,1H3,(H2,23,28)(H,25,29)(H,26,31)(H,27,30)(H,32,33). The van der Waals surface area contributed by atoms with Gasteiger partial charge in [0.15, 0.2) is 0 Å². The summed E-state index contributed by atoms with van der Waals surface area (Å²) in [6.07, 6.45) is 1.14. The average molecular weight is 493 g/mol. The predicted molar refractivity (Wildman–Crippen MR) is 127 cm³/mol. The van der Waals surface area contributed by atoms with Crippen molar-refractivity contribution >= 4 is 53.1 Å². The highest BCUT2D eigenvalue weighted by molar-refractivity contribution is 7.80. The SMILES string of the molecule is CC(N)C(=O)NC(CC(N)=O)C(=O)NC(CS)C(=O)NC(Cc1c[nH]c2ccccc12)C(=O)O. The Labute approximate surface area is 200 Å². The number of hydrogen-bond donors (Lipinski definition) is 8. The van der Waals surface area contributed by atoms with Crippen molar-refractivity contribution in [3.63, 3.8) is 0 Å². The minimum atomic E-state index is -1.37. The molecule has 13 heteroatoms. The molecule has 0 fully saturated rings. The second kappa shape index (κ2) is 12.0. The monoisotopic (exact) mass is 492 g/mol. The number of para-hydroxylation sites is 1. The topological polar surface area (TPSA) is 209 Å². The summed E-state index contributed by atoms with van der Waals surface area (Å²) in [5, 5.41) is 17.5. The molecule has 12 nitrogen and oxygen atoms in total. The Morgan fingerprint density at radius 1 is 1.00 bits per heavy atom. The molecule has 2 aromatic rings. The first-order chi connectivity index (χ1) is 16.0. The van der Waals surface area contributed by atoms with Crippen LogP contribution in [0.3, 0.4) is 0 Å². The van der Waals surface area contributed by atoms with Crippen LogP contribution in [0.15, 0.2) is 30.5 Å². The van der Waals surface area contributed by atoms with Gasteiger partial charge in [-0.25, -0.2) is 4.79 Å². The Hall–Kier alpha value is -3.58. The Morgan fingerprint density at radius 3 is 2.18 bits per heavy atom. The van der Waals surface area contributed by atoms with Crippen LogP contribution in [0.5, 0.6) is 0 Å². The van der Waals surface area contributed by atoms with Gasteiger partial charge >= 0.3 is 5.97 Å². The van der Waals surface area contributed by atoms with E-state index in [0.717, 1.165) is 10.9 Å². The number of carboxylic acids is 1. The smallest absolute Gasteiger partial charge is 0.326 e. The van der Waals surface area contributed by atoms with Crippen LogP contribution in [0.4, 0.5) is 0 Å². The molecule has 0 aliphatic carbocycles. The molecular weight excluding hydrogens is 464 g/mol. The highest BCUT2D eigenvalue weighted by Crippen LogP contribution is 2.19. The maximum atomic E-state index is 12.7. The lowest BCUT2D eigenvalue weighted by atomic mass is 10.0. The number of carbonyl (C=O) groups excluding carboxylic acids is 4. The fourth-order valence-electron chi connectivity index (χ4n) is 3.17. The molecule has 1 aromatic heterocycles. The molecule has 0 radical (unpaired) electrons. The lowest BCUT2D eigenvalue weighted by Crippen LogP contribution is -2.58. The van der Waals surface area contributed by atoms with E-state index in [1.807, 2.05) is 24.3 Å². The molecule has 4 unspecified atom stereocenters. The van der Waals surface area contributed by atoms with E-state index in [1.54, 1.807) is 6.20 Å². The van der Waals surface area contributed by atoms with Gasteiger partial charge in [0.25, 0.3) is 0 Å². The summed E-state index contributed by atoms with van der Waals surface area (Å²) in [5.74, 6) is -4.67. The normalized spacial score (nSPS) is 14.4. The first kappa shape index (κ1) is 26.7. The van der Waals surface area contributed by atoms with Crippen molar-refractivity contribution in [1.29, 1.82) is 0 Å². The van der Waals surface area contributed by atoms with Crippen molar-refractivity contribution in [2.24, 2.45) is 11.5 Å². The van der Waals surface area contributed by atoms with Gasteiger partial charge in [-0.3, -0.25) is 19.2 Å². The molecule has 0 bridgehead atoms. The van der Waals surface area contributed by atoms with Gasteiger partial charge in [-0.1, -0.05) is 18.2 Å². The maximum Gasteiger partial charge on any atom is 0.326 e. The van der Waals surface area contributed by atoms with E-state index in [1.165, 1.54) is 6.92 Å². The number of nitrogens with one attached hydrogen (secondary N) is 4. The number of H-pyrrole nitrogens is 1. The zero-order valence-corrected chi connectivity index (χ0v) is 19.3. The van der Waals surface area contributed by atoms with Crippen molar-refractivity contribution in [3.8, 4) is 0 Å². The number of amides is 4. The van der Waals surface area contributed by atoms with Crippen LogP contribution < -0.4 is 27.4 Å². The van der Waals surface area contributed by atoms with Crippen LogP contribution in [-0.2, 0) is 30.4 Å². The minimum Gasteiger partial charge on any atom is -0.480 e. The molecular formula is C21H28N6O6S. The van der Waals surface area contributed by atoms with Gasteiger partial charge in [0.1, 0.15) is 18.1 Å². The third kappa shape index (κ3) is 7.22. The number of benzene rings is 1. The van der Waals surface area contributed by atoms with Crippen LogP contribution in [-0.4, -0.2) is 69.6 Å². The van der Waals surface area contributed by atoms with E-state index in [9.17, 15) is 29.1 Å². The van der Waals surface area contributed by atoms with Crippen LogP contribution in [0, 0.1) is 0 Å². The lowest BCUT2D eigenvalue weighted by molar-refractivity contribution is -0.142. The number of aromatic nitrogens is 1. The number of fused-ring (bicyclic) bond motifs is 1. The van der Waals surface area contributed by atoms with Crippen molar-refractivity contribution in [3.05, 3.63) is 36.0 Å². The molecule has 0 aliphatic heterocycles. The molecule has 0 saturated carbocycles. The van der Waals surface area contributed by atoms with Gasteiger partial charge in [0, 0.05) is 29.3 Å². The average Bonchev–Trinajstić information content (AvgIpc) is 3.18. The maximum absolute atomic E-state index is 12.7. The van der Waals surface area contributed by atoms with E-state index in [2.05, 4.69) is 33.6 Å². The molecule has 34 heavy (non-hydrogen) atoms. The number of aliphatic carboxylic acids is 1. The van der Waals surface area contributed by atoms with Crippen molar-refractivity contribution in [2.45, 2.75) is 43.9 Å². The highest BCUT2D eigenvalue weighted by Gasteiger charge is 2.30. The van der Waals surface area contributed by atoms with E-state index < -0.39 is 60.2 Å². The largest absolute Gasteiger partial charge is 0.480 e. The van der Waals surface area contributed by atoms with Gasteiger partial charge in [-0.2, -0.15) is 12.6 Å². The van der Waals surface area contributed by atoms with Gasteiger partial charge in [0.2, 0.25) is 23.6 Å². The predicted octanol–water partition coefficient (Wildman–Crippen LogP) is -1.60. The number of nitrogens with two attached hydrogens (primary N) is 2. The fraction of sp³-hybridized carbons (Fsp3) is 0.381. The van der Waals surface area contributed by atoms with Crippen LogP contribution >= 0.6 is 12.6 Å². The van der Waals surface area contributed by atoms with E-state index in [4.69, 9.17) is 11.5 Å². The number of carbonyl (C=O) groups is 5. The fourth-order valence-corrected chi connectivity index (χ4v) is 3.43. The van der Waals surface area contributed by atoms with Gasteiger partial charge < -0.3 is 37.5 Å². The lowest BCUT2D eigenvalue weighted by Gasteiger charge is -2.23. The summed E-state index contributed by atoms with van der Waals surface area (Å²) >= 11 is 4.06. The van der Waals surface area contributed by atoms with Gasteiger partial charge in [-0.15, -0.1) is 0 Å². The van der Waals surface area contributed by atoms with Crippen LogP contribution in [0.2, 0.25) is 0 Å². The molecule has 1 heterocycles. The molecule has 0 saturated heterocycles. The summed E-state index contributed by atoms with van der Waals surface area (Å²) in [4.78, 5) is 63.4. The number of hydrogen-bond acceptors (Lipinski definition) is 7. The van der Waals surface area contributed by atoms with Gasteiger partial charge in [0.05, 0.1) is 12.5 Å². The Morgan fingerprint density at radius 2 is 1.59 bits per heavy atom. The highest BCUT2D eigenvalue weighted by atomic mass is 32.1. The third-order valence-corrected chi connectivity index (χ3v) is 5.35. The minimum absolute atomic E-state index is 0.00687. The number of aromatic amines is 1. The molecule has 1 aromatic carbocycles. The van der Waals surface area contributed by atoms with Crippen molar-refractivity contribution in [1.82, 2.24) is 20.9 Å². The number of carboxylic acid groups (broad SMARTS) is 1. The van der Waals surface area contributed by atoms with E-state index in [-0.39, 0.29) is 12.2 Å². The molecule has 2 rings (SSSR count). The second-order valence-corrected chi connectivity index (χ2v) is 8.09. The quantitative estimate of drug-likeness (QED) is 0.163. The van der Waals surface area contributed by atoms with E-state index >= 15 is 0 Å². The first-order valence-electron chi connectivity index (χ1n) is 10.4. The molecule has 184 valence electrons. The van der Waals surface area contributed by atoms with Crippen molar-refractivity contribution < 1.29 is 29.1 Å². The van der Waals surface area contributed by atoms with Crippen molar-refractivity contribution in [2.75, 3.05) is 5.75 Å². The molecule has 0 aliphatic rings. The number of rotatable bonds is 12. The van der Waals surface area contributed by atoms with Crippen LogP contribution in [0.1, 0.15) is 18.9 Å². The Balaban J connectivity index is 2.10. The number of thiol groups is 1.